The van der Waals surface area contributed by atoms with Crippen molar-refractivity contribution in [2.75, 3.05) is 39.5 Å². The average Bonchev–Trinajstić information content (AvgIpc) is 2.50. The molecule has 1 saturated carbocycles. The van der Waals surface area contributed by atoms with Crippen molar-refractivity contribution in [2.24, 2.45) is 0 Å². The lowest BCUT2D eigenvalue weighted by molar-refractivity contribution is 0.0426. The second-order valence-electron chi connectivity index (χ2n) is 5.94. The van der Waals surface area contributed by atoms with Crippen molar-refractivity contribution in [1.82, 2.24) is 10.2 Å². The van der Waals surface area contributed by atoms with Gasteiger partial charge >= 0.3 is 0 Å². The highest BCUT2D eigenvalue weighted by atomic mass is 16.5. The lowest BCUT2D eigenvalue weighted by atomic mass is 9.78. The molecule has 0 heterocycles. The van der Waals surface area contributed by atoms with Crippen LogP contribution in [-0.2, 0) is 4.74 Å². The largest absolute Gasteiger partial charge is 0.394 e. The predicted octanol–water partition coefficient (Wildman–Crippen LogP) is 2.02. The van der Waals surface area contributed by atoms with E-state index < -0.39 is 0 Å². The van der Waals surface area contributed by atoms with Gasteiger partial charge in [-0.05, 0) is 52.1 Å². The zero-order valence-electron chi connectivity index (χ0n) is 13.7. The van der Waals surface area contributed by atoms with Crippen LogP contribution in [0, 0.1) is 0 Å². The summed E-state index contributed by atoms with van der Waals surface area (Å²) in [6.45, 7) is 11.4. The molecule has 1 rings (SSSR count). The molecule has 20 heavy (non-hydrogen) atoms. The summed E-state index contributed by atoms with van der Waals surface area (Å²) >= 11 is 0. The maximum absolute atomic E-state index is 9.85. The highest BCUT2D eigenvalue weighted by Gasteiger charge is 2.36. The van der Waals surface area contributed by atoms with Crippen LogP contribution in [0.25, 0.3) is 0 Å². The van der Waals surface area contributed by atoms with Crippen LogP contribution in [0.2, 0.25) is 0 Å². The van der Waals surface area contributed by atoms with Gasteiger partial charge in [0.05, 0.1) is 13.2 Å². The number of nitrogens with zero attached hydrogens (tertiary/aromatic N) is 1. The molecule has 0 saturated heterocycles. The van der Waals surface area contributed by atoms with E-state index in [1.54, 1.807) is 0 Å². The van der Waals surface area contributed by atoms with Gasteiger partial charge in [-0.3, -0.25) is 4.90 Å². The summed E-state index contributed by atoms with van der Waals surface area (Å²) in [6, 6.07) is 0.575. The van der Waals surface area contributed by atoms with E-state index in [0.29, 0.717) is 6.04 Å². The van der Waals surface area contributed by atoms with Crippen LogP contribution in [0.5, 0.6) is 0 Å². The van der Waals surface area contributed by atoms with E-state index in [9.17, 15) is 5.11 Å². The van der Waals surface area contributed by atoms with Crippen LogP contribution in [0.3, 0.4) is 0 Å². The molecule has 0 aromatic rings. The molecule has 2 N–H and O–H groups in total. The molecule has 0 aliphatic heterocycles. The smallest absolute Gasteiger partial charge is 0.0613 e. The Bertz CT molecular complexity index is 251. The fourth-order valence-corrected chi connectivity index (χ4v) is 3.32. The van der Waals surface area contributed by atoms with Gasteiger partial charge in [0.1, 0.15) is 0 Å². The number of hydrogen-bond acceptors (Lipinski definition) is 4. The van der Waals surface area contributed by atoms with E-state index in [4.69, 9.17) is 4.74 Å². The zero-order chi connectivity index (χ0) is 14.8. The van der Waals surface area contributed by atoms with E-state index in [2.05, 4.69) is 24.1 Å². The van der Waals surface area contributed by atoms with Crippen molar-refractivity contribution in [2.45, 2.75) is 64.5 Å². The third-order valence-electron chi connectivity index (χ3n) is 4.52. The van der Waals surface area contributed by atoms with Gasteiger partial charge in [0.15, 0.2) is 0 Å². The minimum atomic E-state index is -0.0576. The van der Waals surface area contributed by atoms with Crippen LogP contribution in [0.15, 0.2) is 0 Å². The fourth-order valence-electron chi connectivity index (χ4n) is 3.32. The molecule has 0 radical (unpaired) electrons. The molecule has 0 aromatic heterocycles. The molecule has 1 aliphatic carbocycles. The van der Waals surface area contributed by atoms with Crippen molar-refractivity contribution in [1.29, 1.82) is 0 Å². The third kappa shape index (κ3) is 5.32. The van der Waals surface area contributed by atoms with Crippen LogP contribution in [0.4, 0.5) is 0 Å². The first-order chi connectivity index (χ1) is 9.71. The predicted molar refractivity (Wildman–Crippen MR) is 84.1 cm³/mol. The summed E-state index contributed by atoms with van der Waals surface area (Å²) in [5.74, 6) is 0. The number of likely N-dealkylation sites (N-methyl/N-ethyl adjacent to an activating group) is 1. The molecule has 1 aliphatic rings. The minimum absolute atomic E-state index is 0.0576. The van der Waals surface area contributed by atoms with Crippen LogP contribution >= 0.6 is 0 Å². The first-order valence-electron chi connectivity index (χ1n) is 8.39. The van der Waals surface area contributed by atoms with Crippen LogP contribution in [-0.4, -0.2) is 61.0 Å². The SMILES string of the molecule is CCCNC1(CO)CCCC(N(CC)CCOCC)C1. The molecule has 2 atom stereocenters. The lowest BCUT2D eigenvalue weighted by Crippen LogP contribution is -2.56. The van der Waals surface area contributed by atoms with Crippen molar-refractivity contribution in [3.05, 3.63) is 0 Å². The Hall–Kier alpha value is -0.160. The molecule has 0 amide bonds. The molecule has 0 bridgehead atoms. The van der Waals surface area contributed by atoms with Gasteiger partial charge in [-0.15, -0.1) is 0 Å². The topological polar surface area (TPSA) is 44.7 Å². The summed E-state index contributed by atoms with van der Waals surface area (Å²) in [5, 5.41) is 13.5. The lowest BCUT2D eigenvalue weighted by Gasteiger charge is -2.44. The Morgan fingerprint density at radius 1 is 1.35 bits per heavy atom. The summed E-state index contributed by atoms with van der Waals surface area (Å²) < 4.78 is 5.49. The van der Waals surface area contributed by atoms with Gasteiger partial charge in [-0.2, -0.15) is 0 Å². The molecule has 0 aromatic carbocycles. The second-order valence-corrected chi connectivity index (χ2v) is 5.94. The number of aliphatic hydroxyl groups is 1. The van der Waals surface area contributed by atoms with E-state index in [0.717, 1.165) is 52.1 Å². The second kappa shape index (κ2) is 9.72. The maximum atomic E-state index is 9.85. The van der Waals surface area contributed by atoms with Crippen LogP contribution in [0.1, 0.15) is 52.9 Å². The van der Waals surface area contributed by atoms with Gasteiger partial charge in [-0.25, -0.2) is 0 Å². The molecule has 4 nitrogen and oxygen atoms in total. The highest BCUT2D eigenvalue weighted by Crippen LogP contribution is 2.31. The first-order valence-corrected chi connectivity index (χ1v) is 8.39. The average molecular weight is 286 g/mol. The number of hydrogen-bond donors (Lipinski definition) is 2. The van der Waals surface area contributed by atoms with Gasteiger partial charge in [0.2, 0.25) is 0 Å². The molecule has 2 unspecified atom stereocenters. The zero-order valence-corrected chi connectivity index (χ0v) is 13.7. The summed E-state index contributed by atoms with van der Waals surface area (Å²) in [7, 11) is 0. The molecular weight excluding hydrogens is 252 g/mol. The van der Waals surface area contributed by atoms with E-state index in [1.165, 1.54) is 12.8 Å². The highest BCUT2D eigenvalue weighted by molar-refractivity contribution is 4.96. The Balaban J connectivity index is 2.55. The Labute approximate surface area is 124 Å². The Kier molecular flexibility index (Phi) is 8.69. The number of ether oxygens (including phenoxy) is 1. The maximum Gasteiger partial charge on any atom is 0.0613 e. The van der Waals surface area contributed by atoms with E-state index >= 15 is 0 Å². The van der Waals surface area contributed by atoms with E-state index in [1.807, 2.05) is 6.92 Å². The molecule has 4 heteroatoms. The summed E-state index contributed by atoms with van der Waals surface area (Å²) in [4.78, 5) is 2.52. The summed E-state index contributed by atoms with van der Waals surface area (Å²) in [5.41, 5.74) is -0.0576. The molecule has 0 spiro atoms. The van der Waals surface area contributed by atoms with Crippen LogP contribution < -0.4 is 5.32 Å². The quantitative estimate of drug-likeness (QED) is 0.603. The molecule has 120 valence electrons. The van der Waals surface area contributed by atoms with Crippen molar-refractivity contribution >= 4 is 0 Å². The Morgan fingerprint density at radius 2 is 2.15 bits per heavy atom. The van der Waals surface area contributed by atoms with Gasteiger partial charge in [-0.1, -0.05) is 13.8 Å². The molecular formula is C16H34N2O2. The summed E-state index contributed by atoms with van der Waals surface area (Å²) in [6.07, 6.45) is 5.73. The normalized spacial score (nSPS) is 27.1. The van der Waals surface area contributed by atoms with Gasteiger partial charge in [0, 0.05) is 24.7 Å². The Morgan fingerprint density at radius 3 is 2.75 bits per heavy atom. The fraction of sp³-hybridized carbons (Fsp3) is 1.00. The number of nitrogens with one attached hydrogen (secondary N) is 1. The molecule has 1 fully saturated rings. The monoisotopic (exact) mass is 286 g/mol. The third-order valence-corrected chi connectivity index (χ3v) is 4.52. The first kappa shape index (κ1) is 17.9. The number of rotatable bonds is 10. The van der Waals surface area contributed by atoms with E-state index in [-0.39, 0.29) is 12.1 Å². The minimum Gasteiger partial charge on any atom is -0.394 e. The van der Waals surface area contributed by atoms with Crippen molar-refractivity contribution in [3.63, 3.8) is 0 Å². The van der Waals surface area contributed by atoms with Crippen molar-refractivity contribution in [3.8, 4) is 0 Å². The van der Waals surface area contributed by atoms with Gasteiger partial charge < -0.3 is 15.2 Å². The number of aliphatic hydroxyl groups excluding tert-OH is 1. The van der Waals surface area contributed by atoms with Gasteiger partial charge in [0.25, 0.3) is 0 Å². The standard InChI is InChI=1S/C16H34N2O2/c1-4-10-17-16(14-19)9-7-8-15(13-16)18(5-2)11-12-20-6-3/h15,17,19H,4-14H2,1-3H3. The van der Waals surface area contributed by atoms with Crippen molar-refractivity contribution < 1.29 is 9.84 Å².